The average molecular weight is 232 g/mol. The van der Waals surface area contributed by atoms with E-state index in [1.54, 1.807) is 7.11 Å². The van der Waals surface area contributed by atoms with E-state index in [-0.39, 0.29) is 11.5 Å². The van der Waals surface area contributed by atoms with Crippen LogP contribution in [0.5, 0.6) is 0 Å². The molecule has 0 aliphatic carbocycles. The first-order valence-corrected chi connectivity index (χ1v) is 5.94. The van der Waals surface area contributed by atoms with Gasteiger partial charge >= 0.3 is 0 Å². The smallest absolute Gasteiger partial charge is 0.0824 e. The maximum atomic E-state index is 9.80. The lowest BCUT2D eigenvalue weighted by molar-refractivity contribution is -0.0350. The van der Waals surface area contributed by atoms with Gasteiger partial charge in [-0.1, -0.05) is 0 Å². The molecule has 1 aliphatic heterocycles. The third-order valence-corrected chi connectivity index (χ3v) is 3.20. The number of methoxy groups -OCH3 is 1. The summed E-state index contributed by atoms with van der Waals surface area (Å²) in [7, 11) is 1.70. The van der Waals surface area contributed by atoms with E-state index < -0.39 is 6.10 Å². The predicted octanol–water partition coefficient (Wildman–Crippen LogP) is 1.22. The van der Waals surface area contributed by atoms with Crippen molar-refractivity contribution in [2.75, 3.05) is 33.5 Å². The third-order valence-electron chi connectivity index (χ3n) is 3.20. The van der Waals surface area contributed by atoms with Crippen molar-refractivity contribution in [3.8, 4) is 0 Å². The molecule has 1 heterocycles. The highest BCUT2D eigenvalue weighted by molar-refractivity contribution is 4.72. The van der Waals surface area contributed by atoms with Crippen molar-refractivity contribution in [1.29, 1.82) is 0 Å². The summed E-state index contributed by atoms with van der Waals surface area (Å²) < 4.78 is 16.0. The molecule has 4 nitrogen and oxygen atoms in total. The minimum absolute atomic E-state index is 0.151. The van der Waals surface area contributed by atoms with Crippen LogP contribution in [0.25, 0.3) is 0 Å². The summed E-state index contributed by atoms with van der Waals surface area (Å²) in [6.45, 7) is 6.49. The van der Waals surface area contributed by atoms with Crippen molar-refractivity contribution in [1.82, 2.24) is 0 Å². The molecule has 1 fully saturated rings. The van der Waals surface area contributed by atoms with E-state index in [1.807, 2.05) is 13.8 Å². The van der Waals surface area contributed by atoms with E-state index in [9.17, 15) is 5.11 Å². The maximum absolute atomic E-state index is 9.80. The standard InChI is InChI=1S/C12H24O4/c1-12(2,14-3)5-7-16-9-11(13)10-4-6-15-8-10/h10-11,13H,4-9H2,1-3H3. The van der Waals surface area contributed by atoms with Crippen LogP contribution >= 0.6 is 0 Å². The molecule has 96 valence electrons. The van der Waals surface area contributed by atoms with E-state index in [4.69, 9.17) is 14.2 Å². The molecule has 1 aliphatic rings. The van der Waals surface area contributed by atoms with Crippen LogP contribution < -0.4 is 0 Å². The van der Waals surface area contributed by atoms with Crippen LogP contribution in [0.2, 0.25) is 0 Å². The van der Waals surface area contributed by atoms with Gasteiger partial charge in [-0.2, -0.15) is 0 Å². The molecular weight excluding hydrogens is 208 g/mol. The first kappa shape index (κ1) is 13.9. The topological polar surface area (TPSA) is 47.9 Å². The zero-order valence-corrected chi connectivity index (χ0v) is 10.6. The largest absolute Gasteiger partial charge is 0.390 e. The van der Waals surface area contributed by atoms with Gasteiger partial charge in [-0.05, 0) is 26.7 Å². The molecule has 0 amide bonds. The van der Waals surface area contributed by atoms with Gasteiger partial charge in [0.15, 0.2) is 0 Å². The van der Waals surface area contributed by atoms with Gasteiger partial charge in [0.05, 0.1) is 24.9 Å². The molecule has 1 N–H and O–H groups in total. The third kappa shape index (κ3) is 4.78. The average Bonchev–Trinajstić information content (AvgIpc) is 2.77. The second kappa shape index (κ2) is 6.55. The second-order valence-corrected chi connectivity index (χ2v) is 4.98. The fourth-order valence-corrected chi connectivity index (χ4v) is 1.62. The van der Waals surface area contributed by atoms with Gasteiger partial charge < -0.3 is 19.3 Å². The first-order chi connectivity index (χ1) is 7.55. The summed E-state index contributed by atoms with van der Waals surface area (Å²) in [5.74, 6) is 0.246. The molecule has 0 radical (unpaired) electrons. The van der Waals surface area contributed by atoms with Gasteiger partial charge in [0, 0.05) is 26.2 Å². The van der Waals surface area contributed by atoms with Gasteiger partial charge in [0.2, 0.25) is 0 Å². The molecule has 16 heavy (non-hydrogen) atoms. The van der Waals surface area contributed by atoms with Gasteiger partial charge in [0.25, 0.3) is 0 Å². The molecule has 0 bridgehead atoms. The Hall–Kier alpha value is -0.160. The minimum Gasteiger partial charge on any atom is -0.390 e. The SMILES string of the molecule is COC(C)(C)CCOCC(O)C1CCOC1. The summed E-state index contributed by atoms with van der Waals surface area (Å²) in [6.07, 6.45) is 1.37. The molecule has 2 unspecified atom stereocenters. The fraction of sp³-hybridized carbons (Fsp3) is 1.00. The van der Waals surface area contributed by atoms with Crippen LogP contribution in [-0.2, 0) is 14.2 Å². The van der Waals surface area contributed by atoms with Crippen molar-refractivity contribution in [2.45, 2.75) is 38.4 Å². The number of ether oxygens (including phenoxy) is 3. The molecular formula is C12H24O4. The zero-order valence-electron chi connectivity index (χ0n) is 10.6. The van der Waals surface area contributed by atoms with Crippen molar-refractivity contribution >= 4 is 0 Å². The van der Waals surface area contributed by atoms with E-state index in [0.717, 1.165) is 19.4 Å². The molecule has 0 aromatic carbocycles. The molecule has 1 saturated heterocycles. The predicted molar refractivity (Wildman–Crippen MR) is 61.5 cm³/mol. The molecule has 0 saturated carbocycles. The zero-order chi connectivity index (χ0) is 12.0. The number of rotatable bonds is 7. The Bertz CT molecular complexity index is 187. The van der Waals surface area contributed by atoms with Crippen LogP contribution in [0.4, 0.5) is 0 Å². The minimum atomic E-state index is -0.395. The first-order valence-electron chi connectivity index (χ1n) is 5.94. The Kier molecular flexibility index (Phi) is 5.69. The van der Waals surface area contributed by atoms with Gasteiger partial charge in [-0.3, -0.25) is 0 Å². The fourth-order valence-electron chi connectivity index (χ4n) is 1.62. The van der Waals surface area contributed by atoms with Gasteiger partial charge in [0.1, 0.15) is 0 Å². The van der Waals surface area contributed by atoms with Crippen molar-refractivity contribution in [3.63, 3.8) is 0 Å². The quantitative estimate of drug-likeness (QED) is 0.670. The Labute approximate surface area is 97.9 Å². The van der Waals surface area contributed by atoms with Crippen LogP contribution in [0.1, 0.15) is 26.7 Å². The summed E-state index contributed by atoms with van der Waals surface area (Å²) in [4.78, 5) is 0. The molecule has 0 spiro atoms. The Morgan fingerprint density at radius 3 is 2.81 bits per heavy atom. The van der Waals surface area contributed by atoms with Gasteiger partial charge in [-0.15, -0.1) is 0 Å². The Balaban J connectivity index is 2.06. The van der Waals surface area contributed by atoms with Crippen LogP contribution in [0.3, 0.4) is 0 Å². The Morgan fingerprint density at radius 1 is 1.50 bits per heavy atom. The number of hydrogen-bond donors (Lipinski definition) is 1. The van der Waals surface area contributed by atoms with Crippen molar-refractivity contribution < 1.29 is 19.3 Å². The number of aliphatic hydroxyl groups excluding tert-OH is 1. The lowest BCUT2D eigenvalue weighted by Crippen LogP contribution is -2.28. The molecule has 4 heteroatoms. The summed E-state index contributed by atoms with van der Waals surface area (Å²) >= 11 is 0. The lowest BCUT2D eigenvalue weighted by atomic mass is 10.0. The summed E-state index contributed by atoms with van der Waals surface area (Å²) in [6, 6.07) is 0. The second-order valence-electron chi connectivity index (χ2n) is 4.98. The lowest BCUT2D eigenvalue weighted by Gasteiger charge is -2.23. The van der Waals surface area contributed by atoms with Gasteiger partial charge in [-0.25, -0.2) is 0 Å². The van der Waals surface area contributed by atoms with Crippen LogP contribution in [0.15, 0.2) is 0 Å². The molecule has 0 aromatic heterocycles. The number of hydrogen-bond acceptors (Lipinski definition) is 4. The number of aliphatic hydroxyl groups is 1. The highest BCUT2D eigenvalue weighted by Gasteiger charge is 2.24. The normalized spacial score (nSPS) is 23.6. The van der Waals surface area contributed by atoms with E-state index >= 15 is 0 Å². The summed E-state index contributed by atoms with van der Waals surface area (Å²) in [5, 5.41) is 9.80. The van der Waals surface area contributed by atoms with Crippen molar-refractivity contribution in [2.24, 2.45) is 5.92 Å². The van der Waals surface area contributed by atoms with Crippen molar-refractivity contribution in [3.05, 3.63) is 0 Å². The maximum Gasteiger partial charge on any atom is 0.0824 e. The monoisotopic (exact) mass is 232 g/mol. The van der Waals surface area contributed by atoms with E-state index in [1.165, 1.54) is 0 Å². The van der Waals surface area contributed by atoms with E-state index in [2.05, 4.69) is 0 Å². The molecule has 1 rings (SSSR count). The Morgan fingerprint density at radius 2 is 2.25 bits per heavy atom. The highest BCUT2D eigenvalue weighted by Crippen LogP contribution is 2.17. The molecule has 2 atom stereocenters. The van der Waals surface area contributed by atoms with E-state index in [0.29, 0.717) is 19.8 Å². The summed E-state index contributed by atoms with van der Waals surface area (Å²) in [5.41, 5.74) is -0.151. The molecule has 0 aromatic rings. The van der Waals surface area contributed by atoms with Crippen LogP contribution in [0, 0.1) is 5.92 Å². The van der Waals surface area contributed by atoms with Crippen LogP contribution in [-0.4, -0.2) is 50.3 Å². The highest BCUT2D eigenvalue weighted by atomic mass is 16.5.